The Bertz CT molecular complexity index is 895. The molecule has 2 aromatic carbocycles. The third-order valence-corrected chi connectivity index (χ3v) is 4.75. The molecule has 28 heavy (non-hydrogen) atoms. The van der Waals surface area contributed by atoms with Crippen LogP contribution in [0.3, 0.4) is 0 Å². The molecule has 0 aliphatic heterocycles. The van der Waals surface area contributed by atoms with Crippen molar-refractivity contribution < 1.29 is 96.2 Å². The number of hydrogen-bond donors (Lipinski definition) is 1. The Kier molecular flexibility index (Phi) is 13.7. The Morgan fingerprint density at radius 1 is 1.21 bits per heavy atom. The molecule has 0 aliphatic carbocycles. The molecule has 2 aromatic rings. The third kappa shape index (κ3) is 8.56. The standard InChI is InChI=1S/C15H17NO8S2.2Na/c1-22-6-2-3-15(17)16-14-9-12(26(19,20)21)8-10-7-11(25-24-23-18)4-5-13(10)14;;/h4-5,7-9,18H,2-3,6H2,1H3,(H,16,17)(H,19,20,21);;/q;2*+1/p-2. The van der Waals surface area contributed by atoms with Crippen LogP contribution in [0.25, 0.3) is 10.8 Å². The number of carbonyl (C=O) groups is 1. The van der Waals surface area contributed by atoms with Gasteiger partial charge < -0.3 is 19.9 Å². The zero-order chi connectivity index (χ0) is 19.2. The SMILES string of the molecule is COCCCC(=O)Nc1cc(S(=O)(=O)[O-])cc2cc(SOO[O-])ccc12.[Na+].[Na+]. The molecule has 0 bridgehead atoms. The summed E-state index contributed by atoms with van der Waals surface area (Å²) in [7, 11) is -3.22. The van der Waals surface area contributed by atoms with Gasteiger partial charge in [0.15, 0.2) is 0 Å². The minimum absolute atomic E-state index is 0. The number of methoxy groups -OCH3 is 1. The first-order chi connectivity index (χ1) is 12.3. The first-order valence-corrected chi connectivity index (χ1v) is 9.46. The van der Waals surface area contributed by atoms with E-state index in [2.05, 4.69) is 14.7 Å². The molecular formula is C15H15NNa2O8S2. The Morgan fingerprint density at radius 3 is 2.54 bits per heavy atom. The summed E-state index contributed by atoms with van der Waals surface area (Å²) in [4.78, 5) is 12.0. The second-order valence-electron chi connectivity index (χ2n) is 5.17. The monoisotopic (exact) mass is 447 g/mol. The quantitative estimate of drug-likeness (QED) is 0.100. The summed E-state index contributed by atoms with van der Waals surface area (Å²) in [6.45, 7) is 0.408. The molecule has 0 aliphatic rings. The minimum Gasteiger partial charge on any atom is -0.744 e. The number of benzene rings is 2. The largest absolute Gasteiger partial charge is 1.00 e. The first kappa shape index (κ1) is 28.3. The summed E-state index contributed by atoms with van der Waals surface area (Å²) in [6, 6.07) is 6.97. The van der Waals surface area contributed by atoms with Crippen molar-refractivity contribution in [2.75, 3.05) is 19.0 Å². The summed E-state index contributed by atoms with van der Waals surface area (Å²) in [5.41, 5.74) is 0.192. The maximum absolute atomic E-state index is 12.0. The molecule has 0 fully saturated rings. The van der Waals surface area contributed by atoms with Crippen molar-refractivity contribution in [3.05, 3.63) is 30.3 Å². The van der Waals surface area contributed by atoms with Gasteiger partial charge >= 0.3 is 59.1 Å². The predicted octanol–water partition coefficient (Wildman–Crippen LogP) is -4.65. The van der Waals surface area contributed by atoms with Crippen LogP contribution in [0.15, 0.2) is 40.1 Å². The number of hydrogen-bond acceptors (Lipinski definition) is 9. The second-order valence-corrected chi connectivity index (χ2v) is 7.33. The predicted molar refractivity (Wildman–Crippen MR) is 89.7 cm³/mol. The molecular weight excluding hydrogens is 432 g/mol. The average molecular weight is 447 g/mol. The number of nitrogens with one attached hydrogen (secondary N) is 1. The van der Waals surface area contributed by atoms with Crippen LogP contribution in [0, 0.1) is 0 Å². The van der Waals surface area contributed by atoms with E-state index in [0.29, 0.717) is 40.7 Å². The summed E-state index contributed by atoms with van der Waals surface area (Å²) in [6.07, 6.45) is 0.666. The molecule has 1 N–H and O–H groups in total. The molecule has 0 heterocycles. The fraction of sp³-hybridized carbons (Fsp3) is 0.267. The Balaban J connectivity index is 0.00000364. The molecule has 0 radical (unpaired) electrons. The fourth-order valence-corrected chi connectivity index (χ4v) is 3.20. The summed E-state index contributed by atoms with van der Waals surface area (Å²) < 4.78 is 43.3. The summed E-state index contributed by atoms with van der Waals surface area (Å²) in [5.74, 6) is -0.342. The molecule has 0 saturated carbocycles. The van der Waals surface area contributed by atoms with Gasteiger partial charge in [0.05, 0.1) is 16.9 Å². The van der Waals surface area contributed by atoms with Crippen LogP contribution in [0.1, 0.15) is 12.8 Å². The van der Waals surface area contributed by atoms with Gasteiger partial charge in [-0.25, -0.2) is 8.42 Å². The Hall–Kier alpha value is 0.270. The number of carbonyl (C=O) groups excluding carboxylic acids is 1. The number of amides is 1. The Morgan fingerprint density at radius 2 is 1.93 bits per heavy atom. The molecule has 0 spiro atoms. The molecule has 0 unspecified atom stereocenters. The number of anilines is 1. The number of rotatable bonds is 9. The van der Waals surface area contributed by atoms with Gasteiger partial charge in [0.1, 0.15) is 10.1 Å². The van der Waals surface area contributed by atoms with Crippen molar-refractivity contribution in [1.82, 2.24) is 0 Å². The molecule has 9 nitrogen and oxygen atoms in total. The van der Waals surface area contributed by atoms with E-state index in [-0.39, 0.29) is 77.1 Å². The van der Waals surface area contributed by atoms with Crippen molar-refractivity contribution in [3.8, 4) is 0 Å². The van der Waals surface area contributed by atoms with Crippen molar-refractivity contribution in [2.24, 2.45) is 0 Å². The van der Waals surface area contributed by atoms with Crippen LogP contribution < -0.4 is 69.7 Å². The van der Waals surface area contributed by atoms with E-state index in [9.17, 15) is 23.0 Å². The fourth-order valence-electron chi connectivity index (χ4n) is 2.26. The van der Waals surface area contributed by atoms with Crippen molar-refractivity contribution in [1.29, 1.82) is 0 Å². The summed E-state index contributed by atoms with van der Waals surface area (Å²) >= 11 is 0.618. The molecule has 0 aromatic heterocycles. The maximum atomic E-state index is 12.0. The van der Waals surface area contributed by atoms with Crippen molar-refractivity contribution >= 4 is 44.5 Å². The molecule has 2 rings (SSSR count). The van der Waals surface area contributed by atoms with E-state index in [4.69, 9.17) is 4.74 Å². The van der Waals surface area contributed by atoms with Gasteiger partial charge in [-0.2, -0.15) is 4.33 Å². The first-order valence-electron chi connectivity index (χ1n) is 7.31. The van der Waals surface area contributed by atoms with Crippen LogP contribution in [0.5, 0.6) is 0 Å². The number of fused-ring (bicyclic) bond motifs is 1. The van der Waals surface area contributed by atoms with Crippen LogP contribution in [0.2, 0.25) is 0 Å². The zero-order valence-corrected chi connectivity index (χ0v) is 21.2. The van der Waals surface area contributed by atoms with Gasteiger partial charge in [0.2, 0.25) is 5.91 Å². The van der Waals surface area contributed by atoms with Gasteiger partial charge in [-0.3, -0.25) is 9.83 Å². The second kappa shape index (κ2) is 13.5. The molecule has 1 amide bonds. The smallest absolute Gasteiger partial charge is 0.744 e. The average Bonchev–Trinajstić information content (AvgIpc) is 2.59. The topological polar surface area (TPSA) is 137 Å². The minimum atomic E-state index is -4.74. The van der Waals surface area contributed by atoms with Crippen LogP contribution >= 0.6 is 12.0 Å². The zero-order valence-electron chi connectivity index (χ0n) is 15.6. The van der Waals surface area contributed by atoms with Gasteiger partial charge in [0.25, 0.3) is 0 Å². The number of ether oxygens (including phenoxy) is 1. The molecule has 142 valence electrons. The van der Waals surface area contributed by atoms with E-state index >= 15 is 0 Å². The van der Waals surface area contributed by atoms with Gasteiger partial charge in [-0.1, -0.05) is 6.07 Å². The van der Waals surface area contributed by atoms with Crippen LogP contribution in [-0.4, -0.2) is 32.6 Å². The molecule has 13 heteroatoms. The van der Waals surface area contributed by atoms with Crippen LogP contribution in [-0.2, 0) is 29.0 Å². The summed E-state index contributed by atoms with van der Waals surface area (Å²) in [5, 5.41) is 16.7. The van der Waals surface area contributed by atoms with E-state index in [1.807, 2.05) is 0 Å². The Labute approximate surface area is 210 Å². The third-order valence-electron chi connectivity index (χ3n) is 3.37. The van der Waals surface area contributed by atoms with E-state index < -0.39 is 15.0 Å². The van der Waals surface area contributed by atoms with Gasteiger partial charge in [-0.05, 0) is 36.1 Å². The van der Waals surface area contributed by atoms with Gasteiger partial charge in [0, 0.05) is 36.1 Å². The maximum Gasteiger partial charge on any atom is 1.00 e. The van der Waals surface area contributed by atoms with Gasteiger partial charge in [-0.15, -0.1) is 0 Å². The van der Waals surface area contributed by atoms with E-state index in [1.165, 1.54) is 19.2 Å². The molecule has 0 saturated heterocycles. The molecule has 0 atom stereocenters. The van der Waals surface area contributed by atoms with E-state index in [0.717, 1.165) is 6.07 Å². The van der Waals surface area contributed by atoms with Crippen molar-refractivity contribution in [3.63, 3.8) is 0 Å². The van der Waals surface area contributed by atoms with E-state index in [1.54, 1.807) is 12.1 Å². The normalized spacial score (nSPS) is 10.8. The van der Waals surface area contributed by atoms with Crippen LogP contribution in [0.4, 0.5) is 5.69 Å². The van der Waals surface area contributed by atoms with Crippen molar-refractivity contribution in [2.45, 2.75) is 22.6 Å².